The van der Waals surface area contributed by atoms with Crippen LogP contribution in [0.4, 0.5) is 5.69 Å². The lowest BCUT2D eigenvalue weighted by molar-refractivity contribution is -0.115. The molecule has 34 heavy (non-hydrogen) atoms. The number of benzene rings is 2. The second kappa shape index (κ2) is 13.6. The van der Waals surface area contributed by atoms with Crippen LogP contribution in [0.1, 0.15) is 63.5 Å². The number of carbonyl (C=O) groups is 1. The van der Waals surface area contributed by atoms with Crippen LogP contribution in [0.25, 0.3) is 6.08 Å². The van der Waals surface area contributed by atoms with Crippen LogP contribution in [0, 0.1) is 6.92 Å². The smallest absolute Gasteiger partial charge is 0.264 e. The fourth-order valence-corrected chi connectivity index (χ4v) is 4.92. The van der Waals surface area contributed by atoms with E-state index in [2.05, 4.69) is 33.2 Å². The number of carbonyl (C=O) groups excluding carboxylic acids is 1. The van der Waals surface area contributed by atoms with Gasteiger partial charge in [-0.05, 0) is 83.9 Å². The lowest BCUT2D eigenvalue weighted by Gasteiger charge is -2.15. The summed E-state index contributed by atoms with van der Waals surface area (Å²) in [4.78, 5) is 17.6. The number of aryl methyl sites for hydroxylation is 1. The number of halogens is 1. The van der Waals surface area contributed by atoms with Gasteiger partial charge in [0.15, 0.2) is 16.7 Å². The van der Waals surface area contributed by atoms with E-state index in [0.717, 1.165) is 22.1 Å². The fourth-order valence-electron chi connectivity index (χ4n) is 3.50. The van der Waals surface area contributed by atoms with Crippen LogP contribution in [0.2, 0.25) is 0 Å². The first-order valence-electron chi connectivity index (χ1n) is 12.0. The van der Waals surface area contributed by atoms with E-state index in [0.29, 0.717) is 34.8 Å². The number of nitrogens with zero attached hydrogens (tertiary/aromatic N) is 1. The largest absolute Gasteiger partial charge is 0.490 e. The molecular formula is C27H33BrN2O3S. The summed E-state index contributed by atoms with van der Waals surface area (Å²) in [6.07, 6.45) is 9.13. The zero-order valence-corrected chi connectivity index (χ0v) is 22.6. The molecule has 0 aliphatic carbocycles. The number of hydrogen-bond donors (Lipinski definition) is 1. The molecule has 5 nitrogen and oxygen atoms in total. The third-order valence-electron chi connectivity index (χ3n) is 5.29. The minimum Gasteiger partial charge on any atom is -0.490 e. The Balaban J connectivity index is 1.69. The predicted octanol–water partition coefficient (Wildman–Crippen LogP) is 7.79. The normalized spacial score (nSPS) is 15.7. The Morgan fingerprint density at radius 1 is 1.03 bits per heavy atom. The van der Waals surface area contributed by atoms with Crippen LogP contribution in [0.5, 0.6) is 11.5 Å². The molecule has 0 bridgehead atoms. The fraction of sp³-hybridized carbons (Fsp3) is 0.407. The monoisotopic (exact) mass is 544 g/mol. The van der Waals surface area contributed by atoms with E-state index in [1.807, 2.05) is 56.3 Å². The van der Waals surface area contributed by atoms with Gasteiger partial charge in [0.2, 0.25) is 0 Å². The molecule has 182 valence electrons. The molecule has 0 unspecified atom stereocenters. The van der Waals surface area contributed by atoms with Gasteiger partial charge in [0, 0.05) is 0 Å². The quantitative estimate of drug-likeness (QED) is 0.219. The molecule has 3 rings (SSSR count). The average molecular weight is 546 g/mol. The Hall–Kier alpha value is -2.25. The standard InChI is InChI=1S/C27H33BrN2O3S/c1-4-6-7-8-9-10-15-33-25-22(28)16-20(17-23(25)32-5-2)18-24-26(31)30-27(34-24)29-21-13-11-19(3)12-14-21/h11-14,16-18H,4-10,15H2,1-3H3,(H,29,30,31)/b24-18+. The van der Waals surface area contributed by atoms with Crippen molar-refractivity contribution in [3.05, 3.63) is 56.9 Å². The number of amidine groups is 1. The van der Waals surface area contributed by atoms with Gasteiger partial charge in [-0.1, -0.05) is 56.7 Å². The lowest BCUT2D eigenvalue weighted by Crippen LogP contribution is -2.19. The molecule has 1 fully saturated rings. The topological polar surface area (TPSA) is 59.9 Å². The molecule has 1 amide bonds. The zero-order chi connectivity index (χ0) is 24.3. The van der Waals surface area contributed by atoms with Crippen molar-refractivity contribution in [1.29, 1.82) is 0 Å². The van der Waals surface area contributed by atoms with Crippen molar-refractivity contribution in [1.82, 2.24) is 5.32 Å². The maximum absolute atomic E-state index is 12.5. The highest BCUT2D eigenvalue weighted by Gasteiger charge is 2.24. The molecule has 1 saturated heterocycles. The van der Waals surface area contributed by atoms with Crippen LogP contribution < -0.4 is 14.8 Å². The lowest BCUT2D eigenvalue weighted by atomic mass is 10.1. The third-order valence-corrected chi connectivity index (χ3v) is 6.79. The van der Waals surface area contributed by atoms with E-state index in [9.17, 15) is 4.79 Å². The first kappa shape index (κ1) is 26.4. The molecule has 1 aliphatic heterocycles. The summed E-state index contributed by atoms with van der Waals surface area (Å²) in [5.74, 6) is 1.22. The summed E-state index contributed by atoms with van der Waals surface area (Å²) in [6, 6.07) is 11.7. The summed E-state index contributed by atoms with van der Waals surface area (Å²) < 4.78 is 12.7. The number of ether oxygens (including phenoxy) is 2. The number of hydrogen-bond acceptors (Lipinski definition) is 5. The van der Waals surface area contributed by atoms with Crippen molar-refractivity contribution in [3.8, 4) is 11.5 Å². The molecule has 0 spiro atoms. The summed E-state index contributed by atoms with van der Waals surface area (Å²) in [5.41, 5.74) is 2.84. The highest BCUT2D eigenvalue weighted by Crippen LogP contribution is 2.38. The molecule has 0 radical (unpaired) electrons. The van der Waals surface area contributed by atoms with Crippen LogP contribution in [0.15, 0.2) is 50.8 Å². The second-order valence-electron chi connectivity index (χ2n) is 8.20. The Kier molecular flexibility index (Phi) is 10.5. The van der Waals surface area contributed by atoms with E-state index in [-0.39, 0.29) is 5.91 Å². The first-order chi connectivity index (χ1) is 16.5. The molecule has 1 heterocycles. The van der Waals surface area contributed by atoms with Gasteiger partial charge in [-0.25, -0.2) is 4.99 Å². The number of amides is 1. The molecule has 2 aromatic carbocycles. The summed E-state index contributed by atoms with van der Waals surface area (Å²) >= 11 is 4.96. The predicted molar refractivity (Wildman–Crippen MR) is 146 cm³/mol. The van der Waals surface area contributed by atoms with E-state index in [4.69, 9.17) is 9.47 Å². The molecule has 0 aromatic heterocycles. The van der Waals surface area contributed by atoms with E-state index in [1.54, 1.807) is 0 Å². The van der Waals surface area contributed by atoms with Gasteiger partial charge >= 0.3 is 0 Å². The maximum Gasteiger partial charge on any atom is 0.264 e. The summed E-state index contributed by atoms with van der Waals surface area (Å²) in [7, 11) is 0. The maximum atomic E-state index is 12.5. The van der Waals surface area contributed by atoms with Gasteiger partial charge in [0.1, 0.15) is 0 Å². The van der Waals surface area contributed by atoms with Crippen LogP contribution in [-0.4, -0.2) is 24.3 Å². The Labute approximate surface area is 215 Å². The molecule has 1 N–H and O–H groups in total. The van der Waals surface area contributed by atoms with Crippen molar-refractivity contribution in [2.75, 3.05) is 13.2 Å². The Morgan fingerprint density at radius 2 is 1.76 bits per heavy atom. The second-order valence-corrected chi connectivity index (χ2v) is 10.1. The molecule has 1 aliphatic rings. The van der Waals surface area contributed by atoms with Crippen molar-refractivity contribution in [2.24, 2.45) is 4.99 Å². The van der Waals surface area contributed by atoms with Gasteiger partial charge in [0.05, 0.1) is 28.3 Å². The summed E-state index contributed by atoms with van der Waals surface area (Å²) in [6.45, 7) is 7.39. The van der Waals surface area contributed by atoms with Crippen LogP contribution in [0.3, 0.4) is 0 Å². The Bertz CT molecular complexity index is 1030. The highest BCUT2D eigenvalue weighted by molar-refractivity contribution is 9.10. The molecule has 2 aromatic rings. The number of unbranched alkanes of at least 4 members (excludes halogenated alkanes) is 5. The average Bonchev–Trinajstić information content (AvgIpc) is 3.14. The highest BCUT2D eigenvalue weighted by atomic mass is 79.9. The van der Waals surface area contributed by atoms with Gasteiger partial charge in [-0.2, -0.15) is 0 Å². The van der Waals surface area contributed by atoms with E-state index < -0.39 is 0 Å². The Morgan fingerprint density at radius 3 is 2.50 bits per heavy atom. The first-order valence-corrected chi connectivity index (χ1v) is 13.6. The van der Waals surface area contributed by atoms with Crippen molar-refractivity contribution < 1.29 is 14.3 Å². The molecule has 7 heteroatoms. The van der Waals surface area contributed by atoms with Gasteiger partial charge in [-0.15, -0.1) is 0 Å². The van der Waals surface area contributed by atoms with Gasteiger partial charge in [0.25, 0.3) is 5.91 Å². The minimum atomic E-state index is -0.159. The van der Waals surface area contributed by atoms with Crippen LogP contribution >= 0.6 is 27.7 Å². The summed E-state index contributed by atoms with van der Waals surface area (Å²) in [5, 5.41) is 3.42. The molecular weight excluding hydrogens is 512 g/mol. The van der Waals surface area contributed by atoms with Crippen molar-refractivity contribution in [3.63, 3.8) is 0 Å². The zero-order valence-electron chi connectivity index (χ0n) is 20.2. The molecule has 0 saturated carbocycles. The van der Waals surface area contributed by atoms with Crippen molar-refractivity contribution >= 4 is 50.5 Å². The third kappa shape index (κ3) is 7.91. The van der Waals surface area contributed by atoms with Crippen molar-refractivity contribution in [2.45, 2.75) is 59.3 Å². The van der Waals surface area contributed by atoms with Gasteiger partial charge in [-0.3, -0.25) is 4.79 Å². The van der Waals surface area contributed by atoms with E-state index >= 15 is 0 Å². The van der Waals surface area contributed by atoms with E-state index in [1.165, 1.54) is 49.4 Å². The van der Waals surface area contributed by atoms with Crippen LogP contribution in [-0.2, 0) is 4.79 Å². The number of nitrogens with one attached hydrogen (secondary N) is 1. The van der Waals surface area contributed by atoms with Gasteiger partial charge < -0.3 is 14.8 Å². The number of rotatable bonds is 12. The SMILES string of the molecule is CCCCCCCCOc1c(Br)cc(/C=C2/SC(=Nc3ccc(C)cc3)NC2=O)cc1OCC. The number of aliphatic imine (C=N–C) groups is 1. The number of thioether (sulfide) groups is 1. The molecule has 0 atom stereocenters. The minimum absolute atomic E-state index is 0.159.